The molecule has 3 nitrogen and oxygen atoms in total. The summed E-state index contributed by atoms with van der Waals surface area (Å²) in [5.74, 6) is -1.44. The van der Waals surface area contributed by atoms with Gasteiger partial charge in [-0.2, -0.15) is 0 Å². The van der Waals surface area contributed by atoms with Gasteiger partial charge in [0, 0.05) is 0 Å². The fourth-order valence-electron chi connectivity index (χ4n) is 4.71. The van der Waals surface area contributed by atoms with Crippen LogP contribution in [0.15, 0.2) is 60.7 Å². The fraction of sp³-hybridized carbons (Fsp3) is 0.457. The van der Waals surface area contributed by atoms with E-state index in [9.17, 15) is 13.6 Å². The first-order chi connectivity index (χ1) is 19.5. The number of carbonyl (C=O) groups is 1. The number of ether oxygens (including phenoxy) is 2. The first kappa shape index (κ1) is 31.3. The maximum Gasteiger partial charge on any atom is 0.343 e. The molecule has 0 heterocycles. The third-order valence-corrected chi connectivity index (χ3v) is 7.16. The molecule has 0 bridgehead atoms. The Hall–Kier alpha value is -3.21. The van der Waals surface area contributed by atoms with Crippen LogP contribution in [0.2, 0.25) is 0 Å². The van der Waals surface area contributed by atoms with Crippen LogP contribution in [0.1, 0.15) is 107 Å². The molecule has 0 aromatic heterocycles. The fourth-order valence-corrected chi connectivity index (χ4v) is 4.71. The third kappa shape index (κ3) is 10.4. The van der Waals surface area contributed by atoms with Crippen LogP contribution < -0.4 is 9.47 Å². The van der Waals surface area contributed by atoms with E-state index in [1.54, 1.807) is 36.4 Å². The molecule has 0 saturated carbocycles. The van der Waals surface area contributed by atoms with Crippen LogP contribution in [0.25, 0.3) is 11.1 Å². The number of benzene rings is 3. The Morgan fingerprint density at radius 2 is 1.20 bits per heavy atom. The van der Waals surface area contributed by atoms with Crippen molar-refractivity contribution in [2.45, 2.75) is 97.3 Å². The minimum atomic E-state index is -0.640. The van der Waals surface area contributed by atoms with E-state index in [0.29, 0.717) is 17.7 Å². The number of halogens is 2. The molecule has 3 rings (SSSR count). The van der Waals surface area contributed by atoms with Crippen molar-refractivity contribution in [1.82, 2.24) is 0 Å². The molecule has 0 atom stereocenters. The molecule has 0 amide bonds. The Bertz CT molecular complexity index is 1170. The number of esters is 1. The lowest BCUT2D eigenvalue weighted by Crippen LogP contribution is -2.09. The Balaban J connectivity index is 1.48. The zero-order valence-corrected chi connectivity index (χ0v) is 24.2. The molecule has 0 fully saturated rings. The summed E-state index contributed by atoms with van der Waals surface area (Å²) in [4.78, 5) is 12.6. The van der Waals surface area contributed by atoms with E-state index >= 15 is 0 Å². The maximum absolute atomic E-state index is 14.6. The van der Waals surface area contributed by atoms with E-state index in [1.165, 1.54) is 56.7 Å². The first-order valence-electron chi connectivity index (χ1n) is 15.0. The average molecular weight is 551 g/mol. The van der Waals surface area contributed by atoms with Crippen molar-refractivity contribution >= 4 is 5.97 Å². The van der Waals surface area contributed by atoms with Crippen molar-refractivity contribution in [3.8, 4) is 22.6 Å². The van der Waals surface area contributed by atoms with Gasteiger partial charge >= 0.3 is 5.97 Å². The summed E-state index contributed by atoms with van der Waals surface area (Å²) < 4.78 is 40.1. The van der Waals surface area contributed by atoms with Crippen LogP contribution in [-0.4, -0.2) is 12.6 Å². The number of carbonyl (C=O) groups excluding carboxylic acids is 1. The predicted molar refractivity (Wildman–Crippen MR) is 159 cm³/mol. The summed E-state index contributed by atoms with van der Waals surface area (Å²) in [7, 11) is 0. The molecular weight excluding hydrogens is 506 g/mol. The zero-order chi connectivity index (χ0) is 28.6. The second kappa shape index (κ2) is 17.5. The van der Waals surface area contributed by atoms with E-state index in [4.69, 9.17) is 9.47 Å². The van der Waals surface area contributed by atoms with Crippen molar-refractivity contribution in [2.24, 2.45) is 0 Å². The van der Waals surface area contributed by atoms with Crippen LogP contribution in [0.5, 0.6) is 11.5 Å². The first-order valence-corrected chi connectivity index (χ1v) is 15.0. The molecule has 0 spiro atoms. The highest BCUT2D eigenvalue weighted by Crippen LogP contribution is 2.27. The van der Waals surface area contributed by atoms with Crippen LogP contribution in [0.4, 0.5) is 8.78 Å². The van der Waals surface area contributed by atoms with Gasteiger partial charge < -0.3 is 9.47 Å². The van der Waals surface area contributed by atoms with Crippen molar-refractivity contribution in [3.63, 3.8) is 0 Å². The van der Waals surface area contributed by atoms with Crippen LogP contribution in [0.3, 0.4) is 0 Å². The number of rotatable bonds is 18. The molecule has 0 aliphatic carbocycles. The Morgan fingerprint density at radius 3 is 1.85 bits per heavy atom. The monoisotopic (exact) mass is 550 g/mol. The second-order valence-electron chi connectivity index (χ2n) is 10.5. The van der Waals surface area contributed by atoms with Crippen molar-refractivity contribution in [1.29, 1.82) is 0 Å². The van der Waals surface area contributed by atoms with E-state index in [1.807, 2.05) is 6.07 Å². The van der Waals surface area contributed by atoms with Crippen LogP contribution in [-0.2, 0) is 6.42 Å². The summed E-state index contributed by atoms with van der Waals surface area (Å²) in [5, 5.41) is 0. The molecule has 0 radical (unpaired) electrons. The van der Waals surface area contributed by atoms with Gasteiger partial charge in [0.1, 0.15) is 0 Å². The van der Waals surface area contributed by atoms with Gasteiger partial charge in [0.15, 0.2) is 23.1 Å². The van der Waals surface area contributed by atoms with Gasteiger partial charge in [-0.05, 0) is 72.4 Å². The van der Waals surface area contributed by atoms with Crippen molar-refractivity contribution < 1.29 is 23.0 Å². The van der Waals surface area contributed by atoms with Crippen molar-refractivity contribution in [3.05, 3.63) is 83.4 Å². The lowest BCUT2D eigenvalue weighted by atomic mass is 10.0. The summed E-state index contributed by atoms with van der Waals surface area (Å²) in [6.07, 6.45) is 14.9. The summed E-state index contributed by atoms with van der Waals surface area (Å²) >= 11 is 0. The van der Waals surface area contributed by atoms with E-state index < -0.39 is 17.6 Å². The van der Waals surface area contributed by atoms with Gasteiger partial charge in [0.2, 0.25) is 0 Å². The van der Waals surface area contributed by atoms with Gasteiger partial charge in [0.25, 0.3) is 0 Å². The number of aryl methyl sites for hydroxylation is 1. The maximum atomic E-state index is 14.6. The van der Waals surface area contributed by atoms with E-state index in [2.05, 4.69) is 13.8 Å². The zero-order valence-electron chi connectivity index (χ0n) is 24.2. The lowest BCUT2D eigenvalue weighted by molar-refractivity contribution is 0.0728. The lowest BCUT2D eigenvalue weighted by Gasteiger charge is -2.10. The smallest absolute Gasteiger partial charge is 0.343 e. The molecule has 40 heavy (non-hydrogen) atoms. The Kier molecular flexibility index (Phi) is 13.7. The highest BCUT2D eigenvalue weighted by atomic mass is 19.1. The molecule has 0 N–H and O–H groups in total. The molecule has 0 unspecified atom stereocenters. The van der Waals surface area contributed by atoms with Gasteiger partial charge in [-0.15, -0.1) is 0 Å². The predicted octanol–water partition coefficient (Wildman–Crippen LogP) is 10.5. The highest BCUT2D eigenvalue weighted by Gasteiger charge is 2.14. The number of unbranched alkanes of at least 4 members (excludes halogenated alkanes) is 10. The minimum absolute atomic E-state index is 0.0823. The average Bonchev–Trinajstić information content (AvgIpc) is 2.96. The molecule has 5 heteroatoms. The van der Waals surface area contributed by atoms with Crippen molar-refractivity contribution in [2.75, 3.05) is 6.61 Å². The largest absolute Gasteiger partial charge is 0.491 e. The van der Waals surface area contributed by atoms with Gasteiger partial charge in [0.05, 0.1) is 12.2 Å². The molecule has 216 valence electrons. The van der Waals surface area contributed by atoms with Crippen LogP contribution >= 0.6 is 0 Å². The van der Waals surface area contributed by atoms with E-state index in [0.717, 1.165) is 56.1 Å². The highest BCUT2D eigenvalue weighted by molar-refractivity contribution is 5.91. The van der Waals surface area contributed by atoms with Gasteiger partial charge in [-0.3, -0.25) is 0 Å². The third-order valence-electron chi connectivity index (χ3n) is 7.16. The molecular formula is C35H44F2O3. The summed E-state index contributed by atoms with van der Waals surface area (Å²) in [6, 6.07) is 16.3. The summed E-state index contributed by atoms with van der Waals surface area (Å²) in [5.41, 5.74) is 2.63. The van der Waals surface area contributed by atoms with Crippen LogP contribution in [0, 0.1) is 11.6 Å². The Labute approximate surface area is 238 Å². The quantitative estimate of drug-likeness (QED) is 0.0898. The SMILES string of the molecule is CCCCCCCCCCc1ccc(OC(=O)c2ccc(-c3ccc(OCCCCCC)c(F)c3)cc2)c(F)c1. The van der Waals surface area contributed by atoms with E-state index in [-0.39, 0.29) is 11.5 Å². The van der Waals surface area contributed by atoms with Gasteiger partial charge in [-0.25, -0.2) is 13.6 Å². The van der Waals surface area contributed by atoms with Gasteiger partial charge in [-0.1, -0.05) is 102 Å². The molecule has 3 aromatic carbocycles. The molecule has 0 saturated heterocycles. The number of hydrogen-bond acceptors (Lipinski definition) is 3. The topological polar surface area (TPSA) is 35.5 Å². The Morgan fingerprint density at radius 1 is 0.625 bits per heavy atom. The number of hydrogen-bond donors (Lipinski definition) is 0. The standard InChI is InChI=1S/C35H44F2O3/c1-3-5-7-9-10-11-12-13-15-27-16-22-34(31(36)25-27)40-35(38)29-19-17-28(18-20-29)30-21-23-33(32(37)26-30)39-24-14-8-6-4-2/h16-23,25-26H,3-15,24H2,1-2H3. The molecule has 3 aromatic rings. The normalized spacial score (nSPS) is 11.0. The summed E-state index contributed by atoms with van der Waals surface area (Å²) in [6.45, 7) is 4.86. The molecule has 0 aliphatic rings. The second-order valence-corrected chi connectivity index (χ2v) is 10.5. The molecule has 0 aliphatic heterocycles. The minimum Gasteiger partial charge on any atom is -0.491 e.